The molecule has 0 spiro atoms. The normalized spacial score (nSPS) is 14.1. The lowest BCUT2D eigenvalue weighted by Crippen LogP contribution is -2.36. The van der Waals surface area contributed by atoms with Gasteiger partial charge < -0.3 is 15.5 Å². The minimum atomic E-state index is 0.630. The van der Waals surface area contributed by atoms with Gasteiger partial charge in [0.1, 0.15) is 0 Å². The van der Waals surface area contributed by atoms with Crippen LogP contribution in [0.3, 0.4) is 0 Å². The number of hydrogen-bond acceptors (Lipinski definition) is 3. The van der Waals surface area contributed by atoms with Crippen LogP contribution in [0, 0.1) is 0 Å². The first kappa shape index (κ1) is 13.0. The average molecular weight is 242 g/mol. The molecule has 2 N–H and O–H groups in total. The molecule has 0 radical (unpaired) electrons. The summed E-state index contributed by atoms with van der Waals surface area (Å²) in [7, 11) is 4.14. The lowest BCUT2D eigenvalue weighted by Gasteiger charge is -2.35. The highest BCUT2D eigenvalue weighted by Crippen LogP contribution is 2.37. The molecule has 0 aliphatic carbocycles. The van der Waals surface area contributed by atoms with E-state index in [0.717, 1.165) is 24.5 Å². The van der Waals surface area contributed by atoms with E-state index in [4.69, 9.17) is 17.3 Å². The lowest BCUT2D eigenvalue weighted by molar-refractivity contribution is 0.798. The van der Waals surface area contributed by atoms with Gasteiger partial charge in [0.2, 0.25) is 0 Å². The Kier molecular flexibility index (Phi) is 4.30. The van der Waals surface area contributed by atoms with Crippen molar-refractivity contribution in [1.82, 2.24) is 0 Å². The van der Waals surface area contributed by atoms with Crippen LogP contribution in [0.4, 0.5) is 17.1 Å². The SMILES string of the molecule is CC.CN1CCN(C)c2cc(Cl)c(N)cc21. The van der Waals surface area contributed by atoms with Gasteiger partial charge in [-0.25, -0.2) is 0 Å². The molecule has 0 saturated heterocycles. The highest BCUT2D eigenvalue weighted by molar-refractivity contribution is 6.33. The molecular formula is C12H20ClN3. The summed E-state index contributed by atoms with van der Waals surface area (Å²) in [4.78, 5) is 4.39. The van der Waals surface area contributed by atoms with Crippen LogP contribution in [0.2, 0.25) is 5.02 Å². The van der Waals surface area contributed by atoms with Gasteiger partial charge in [-0.2, -0.15) is 0 Å². The molecule has 16 heavy (non-hydrogen) atoms. The second-order valence-corrected chi connectivity index (χ2v) is 4.11. The van der Waals surface area contributed by atoms with Crippen molar-refractivity contribution in [2.45, 2.75) is 13.8 Å². The number of nitrogens with zero attached hydrogens (tertiary/aromatic N) is 2. The van der Waals surface area contributed by atoms with E-state index in [1.165, 1.54) is 0 Å². The monoisotopic (exact) mass is 241 g/mol. The standard InChI is InChI=1S/C10H14ClN3.C2H6/c1-13-3-4-14(2)10-6-8(12)7(11)5-9(10)13;1-2/h5-6H,3-4,12H2,1-2H3;1-2H3. The van der Waals surface area contributed by atoms with Crippen LogP contribution in [0.25, 0.3) is 0 Å². The quantitative estimate of drug-likeness (QED) is 0.709. The highest BCUT2D eigenvalue weighted by Gasteiger charge is 2.18. The summed E-state index contributed by atoms with van der Waals surface area (Å²) in [5.41, 5.74) is 8.72. The maximum Gasteiger partial charge on any atom is 0.0657 e. The van der Waals surface area contributed by atoms with Crippen LogP contribution in [-0.2, 0) is 0 Å². The van der Waals surface area contributed by atoms with E-state index in [2.05, 4.69) is 23.9 Å². The van der Waals surface area contributed by atoms with Crippen molar-refractivity contribution >= 4 is 28.7 Å². The van der Waals surface area contributed by atoms with Gasteiger partial charge in [-0.3, -0.25) is 0 Å². The predicted octanol–water partition coefficient (Wildman–Crippen LogP) is 2.83. The van der Waals surface area contributed by atoms with Gasteiger partial charge in [0.15, 0.2) is 0 Å². The van der Waals surface area contributed by atoms with E-state index in [9.17, 15) is 0 Å². The Bertz CT molecular complexity index is 331. The van der Waals surface area contributed by atoms with Crippen LogP contribution in [0.5, 0.6) is 0 Å². The van der Waals surface area contributed by atoms with Crippen molar-refractivity contribution in [3.05, 3.63) is 17.2 Å². The van der Waals surface area contributed by atoms with Gasteiger partial charge in [-0.05, 0) is 12.1 Å². The number of benzene rings is 1. The first-order valence-corrected chi connectivity index (χ1v) is 5.98. The van der Waals surface area contributed by atoms with Gasteiger partial charge in [0.05, 0.1) is 22.1 Å². The summed E-state index contributed by atoms with van der Waals surface area (Å²) in [6.07, 6.45) is 0. The summed E-state index contributed by atoms with van der Waals surface area (Å²) in [5, 5.41) is 0.630. The second-order valence-electron chi connectivity index (χ2n) is 3.71. The van der Waals surface area contributed by atoms with Gasteiger partial charge in [-0.1, -0.05) is 25.4 Å². The molecule has 3 nitrogen and oxygen atoms in total. The summed E-state index contributed by atoms with van der Waals surface area (Å²) < 4.78 is 0. The van der Waals surface area contributed by atoms with E-state index in [-0.39, 0.29) is 0 Å². The van der Waals surface area contributed by atoms with E-state index in [1.54, 1.807) is 0 Å². The number of halogens is 1. The molecule has 0 fully saturated rings. The molecule has 90 valence electrons. The molecule has 1 aliphatic heterocycles. The third-order valence-electron chi connectivity index (χ3n) is 2.69. The number of anilines is 3. The minimum absolute atomic E-state index is 0.630. The van der Waals surface area contributed by atoms with Crippen LogP contribution in [0.15, 0.2) is 12.1 Å². The van der Waals surface area contributed by atoms with Crippen molar-refractivity contribution in [2.75, 3.05) is 42.7 Å². The van der Waals surface area contributed by atoms with Crippen molar-refractivity contribution in [1.29, 1.82) is 0 Å². The first-order valence-electron chi connectivity index (χ1n) is 5.61. The molecule has 1 aromatic carbocycles. The van der Waals surface area contributed by atoms with Crippen LogP contribution >= 0.6 is 11.6 Å². The molecule has 1 heterocycles. The Morgan fingerprint density at radius 3 is 2.00 bits per heavy atom. The molecule has 2 rings (SSSR count). The number of hydrogen-bond donors (Lipinski definition) is 1. The molecule has 0 aromatic heterocycles. The van der Waals surface area contributed by atoms with Crippen LogP contribution < -0.4 is 15.5 Å². The first-order chi connectivity index (χ1) is 7.59. The predicted molar refractivity (Wildman–Crippen MR) is 73.8 cm³/mol. The smallest absolute Gasteiger partial charge is 0.0657 e. The van der Waals surface area contributed by atoms with Crippen molar-refractivity contribution in [2.24, 2.45) is 0 Å². The van der Waals surface area contributed by atoms with Gasteiger partial charge in [0, 0.05) is 27.2 Å². The maximum absolute atomic E-state index is 5.99. The fraction of sp³-hybridized carbons (Fsp3) is 0.500. The topological polar surface area (TPSA) is 32.5 Å². The van der Waals surface area contributed by atoms with E-state index >= 15 is 0 Å². The zero-order valence-electron chi connectivity index (χ0n) is 10.4. The van der Waals surface area contributed by atoms with E-state index in [0.29, 0.717) is 10.7 Å². The number of nitrogens with two attached hydrogens (primary N) is 1. The molecule has 1 aromatic rings. The van der Waals surface area contributed by atoms with Crippen LogP contribution in [0.1, 0.15) is 13.8 Å². The summed E-state index contributed by atoms with van der Waals surface area (Å²) in [6, 6.07) is 3.87. The summed E-state index contributed by atoms with van der Waals surface area (Å²) in [6.45, 7) is 6.04. The van der Waals surface area contributed by atoms with Gasteiger partial charge >= 0.3 is 0 Å². The fourth-order valence-corrected chi connectivity index (χ4v) is 1.88. The van der Waals surface area contributed by atoms with Crippen molar-refractivity contribution < 1.29 is 0 Å². The Labute approximate surface area is 103 Å². The number of likely N-dealkylation sites (N-methyl/N-ethyl adjacent to an activating group) is 2. The molecular weight excluding hydrogens is 222 g/mol. The zero-order valence-corrected chi connectivity index (χ0v) is 11.2. The Balaban J connectivity index is 0.000000606. The Hall–Kier alpha value is -1.09. The molecule has 0 saturated carbocycles. The number of nitrogen functional groups attached to an aromatic ring is 1. The molecule has 0 bridgehead atoms. The summed E-state index contributed by atoms with van der Waals surface area (Å²) in [5.74, 6) is 0. The van der Waals surface area contributed by atoms with Gasteiger partial charge in [-0.15, -0.1) is 0 Å². The minimum Gasteiger partial charge on any atom is -0.397 e. The molecule has 4 heteroatoms. The molecule has 0 amide bonds. The van der Waals surface area contributed by atoms with Crippen molar-refractivity contribution in [3.8, 4) is 0 Å². The lowest BCUT2D eigenvalue weighted by atomic mass is 10.1. The Morgan fingerprint density at radius 2 is 1.50 bits per heavy atom. The van der Waals surface area contributed by atoms with E-state index < -0.39 is 0 Å². The number of fused-ring (bicyclic) bond motifs is 1. The second kappa shape index (κ2) is 5.30. The van der Waals surface area contributed by atoms with Crippen LogP contribution in [-0.4, -0.2) is 27.2 Å². The zero-order chi connectivity index (χ0) is 12.3. The van der Waals surface area contributed by atoms with E-state index in [1.807, 2.05) is 26.0 Å². The molecule has 1 aliphatic rings. The third kappa shape index (κ3) is 2.35. The largest absolute Gasteiger partial charge is 0.397 e. The molecule has 0 atom stereocenters. The summed E-state index contributed by atoms with van der Waals surface area (Å²) >= 11 is 5.99. The van der Waals surface area contributed by atoms with Crippen molar-refractivity contribution in [3.63, 3.8) is 0 Å². The maximum atomic E-state index is 5.99. The number of rotatable bonds is 0. The molecule has 0 unspecified atom stereocenters. The highest BCUT2D eigenvalue weighted by atomic mass is 35.5. The Morgan fingerprint density at radius 1 is 1.06 bits per heavy atom. The van der Waals surface area contributed by atoms with Gasteiger partial charge in [0.25, 0.3) is 0 Å². The third-order valence-corrected chi connectivity index (χ3v) is 3.01. The average Bonchev–Trinajstić information content (AvgIpc) is 2.29. The fourth-order valence-electron chi connectivity index (χ4n) is 1.72.